The summed E-state index contributed by atoms with van der Waals surface area (Å²) in [6, 6.07) is 65.0. The lowest BCUT2D eigenvalue weighted by Gasteiger charge is -2.43. The highest BCUT2D eigenvalue weighted by Crippen LogP contribution is 2.49. The first kappa shape index (κ1) is 28.1. The first-order chi connectivity index (χ1) is 21.8. The minimum absolute atomic E-state index is 0.723. The summed E-state index contributed by atoms with van der Waals surface area (Å²) < 4.78 is 3.37. The second-order valence-corrected chi connectivity index (χ2v) is 12.0. The molecule has 0 radical (unpaired) electrons. The third-order valence-corrected chi connectivity index (χ3v) is 9.09. The van der Waals surface area contributed by atoms with Crippen molar-refractivity contribution in [2.45, 2.75) is 11.0 Å². The molecule has 0 aliphatic rings. The summed E-state index contributed by atoms with van der Waals surface area (Å²) in [4.78, 5) is 5.50. The van der Waals surface area contributed by atoms with Crippen LogP contribution in [0.1, 0.15) is 39.2 Å². The first-order valence-corrected chi connectivity index (χ1v) is 15.9. The highest BCUT2D eigenvalue weighted by Gasteiger charge is 2.48. The SMILES string of the molecule is Ic1cn(C(c2ccccc2)(c2ccccc2)c2ccccc2)c(C(c2ccccc2)(c2ccccc2)c2ccccc2)n1. The molecule has 0 saturated carbocycles. The van der Waals surface area contributed by atoms with Gasteiger partial charge in [0.15, 0.2) is 0 Å². The number of hydrogen-bond donors (Lipinski definition) is 0. The van der Waals surface area contributed by atoms with Gasteiger partial charge in [-0.1, -0.05) is 182 Å². The lowest BCUT2D eigenvalue weighted by molar-refractivity contribution is 0.468. The van der Waals surface area contributed by atoms with Crippen LogP contribution in [0.15, 0.2) is 188 Å². The van der Waals surface area contributed by atoms with E-state index < -0.39 is 11.0 Å². The van der Waals surface area contributed by atoms with Gasteiger partial charge in [-0.05, 0) is 56.0 Å². The summed E-state index contributed by atoms with van der Waals surface area (Å²) in [6.07, 6.45) is 2.23. The topological polar surface area (TPSA) is 17.8 Å². The van der Waals surface area contributed by atoms with Gasteiger partial charge in [-0.25, -0.2) is 4.98 Å². The second kappa shape index (κ2) is 12.1. The summed E-state index contributed by atoms with van der Waals surface area (Å²) in [6.45, 7) is 0. The van der Waals surface area contributed by atoms with Crippen molar-refractivity contribution >= 4 is 22.6 Å². The summed E-state index contributed by atoms with van der Waals surface area (Å²) in [5.74, 6) is 0.946. The molecule has 7 rings (SSSR count). The average molecular weight is 679 g/mol. The van der Waals surface area contributed by atoms with Crippen LogP contribution in [0.5, 0.6) is 0 Å². The van der Waals surface area contributed by atoms with Crippen molar-refractivity contribution in [2.75, 3.05) is 0 Å². The Labute approximate surface area is 272 Å². The van der Waals surface area contributed by atoms with E-state index in [9.17, 15) is 0 Å². The maximum absolute atomic E-state index is 5.50. The molecule has 7 aromatic rings. The molecule has 0 atom stereocenters. The number of halogens is 1. The fourth-order valence-electron chi connectivity index (χ4n) is 6.78. The fourth-order valence-corrected chi connectivity index (χ4v) is 7.29. The van der Waals surface area contributed by atoms with Crippen molar-refractivity contribution in [3.05, 3.63) is 231 Å². The molecule has 0 N–H and O–H groups in total. The van der Waals surface area contributed by atoms with Crippen LogP contribution in [0.4, 0.5) is 0 Å². The zero-order valence-corrected chi connectivity index (χ0v) is 26.3. The predicted molar refractivity (Wildman–Crippen MR) is 188 cm³/mol. The largest absolute Gasteiger partial charge is 0.314 e. The Morgan fingerprint density at radius 1 is 0.386 bits per heavy atom. The monoisotopic (exact) mass is 678 g/mol. The molecular formula is C41H31IN2. The third kappa shape index (κ3) is 4.59. The Kier molecular flexibility index (Phi) is 7.71. The molecule has 0 bridgehead atoms. The number of aromatic nitrogens is 2. The number of rotatable bonds is 8. The van der Waals surface area contributed by atoms with Crippen molar-refractivity contribution in [3.63, 3.8) is 0 Å². The highest BCUT2D eigenvalue weighted by molar-refractivity contribution is 14.1. The van der Waals surface area contributed by atoms with Crippen molar-refractivity contribution < 1.29 is 0 Å². The molecule has 0 aliphatic carbocycles. The quantitative estimate of drug-likeness (QED) is 0.116. The van der Waals surface area contributed by atoms with E-state index in [4.69, 9.17) is 4.98 Å². The van der Waals surface area contributed by atoms with Gasteiger partial charge in [-0.2, -0.15) is 0 Å². The predicted octanol–water partition coefficient (Wildman–Crippen LogP) is 9.71. The number of nitrogens with zero attached hydrogens (tertiary/aromatic N) is 2. The van der Waals surface area contributed by atoms with Gasteiger partial charge in [0, 0.05) is 6.20 Å². The third-order valence-electron chi connectivity index (χ3n) is 8.57. The summed E-state index contributed by atoms with van der Waals surface area (Å²) in [7, 11) is 0. The van der Waals surface area contributed by atoms with Crippen LogP contribution in [0, 0.1) is 3.70 Å². The maximum Gasteiger partial charge on any atom is 0.131 e. The lowest BCUT2D eigenvalue weighted by Crippen LogP contribution is -2.43. The number of benzene rings is 6. The van der Waals surface area contributed by atoms with Gasteiger partial charge in [0.25, 0.3) is 0 Å². The van der Waals surface area contributed by atoms with Crippen molar-refractivity contribution in [2.24, 2.45) is 0 Å². The standard InChI is InChI=1S/C41H31IN2/c42-38-31-44(41(35-25-13-4-14-26-35,36-27-15-5-16-28-36)37-29-17-6-18-30-37)39(43-38)40(32-19-7-1-8-20-32,33-21-9-2-10-22-33)34-23-11-3-12-24-34/h1-31H. The summed E-state index contributed by atoms with van der Waals surface area (Å²) >= 11 is 2.39. The molecule has 0 unspecified atom stereocenters. The van der Waals surface area contributed by atoms with Gasteiger partial charge >= 0.3 is 0 Å². The smallest absolute Gasteiger partial charge is 0.131 e. The Balaban J connectivity index is 1.70. The van der Waals surface area contributed by atoms with Crippen LogP contribution < -0.4 is 0 Å². The molecule has 0 amide bonds. The average Bonchev–Trinajstić information content (AvgIpc) is 3.50. The van der Waals surface area contributed by atoms with Crippen LogP contribution >= 0.6 is 22.6 Å². The molecule has 0 spiro atoms. The molecule has 212 valence electrons. The van der Waals surface area contributed by atoms with E-state index >= 15 is 0 Å². The van der Waals surface area contributed by atoms with Crippen LogP contribution in [0.25, 0.3) is 0 Å². The zero-order chi connectivity index (χ0) is 29.8. The zero-order valence-electron chi connectivity index (χ0n) is 24.2. The van der Waals surface area contributed by atoms with Gasteiger partial charge in [-0.3, -0.25) is 0 Å². The molecule has 0 fully saturated rings. The van der Waals surface area contributed by atoms with Gasteiger partial charge < -0.3 is 4.57 Å². The molecular weight excluding hydrogens is 647 g/mol. The van der Waals surface area contributed by atoms with Crippen LogP contribution in [-0.2, 0) is 11.0 Å². The van der Waals surface area contributed by atoms with Crippen molar-refractivity contribution in [1.82, 2.24) is 9.55 Å². The van der Waals surface area contributed by atoms with Crippen molar-refractivity contribution in [3.8, 4) is 0 Å². The second-order valence-electron chi connectivity index (χ2n) is 10.9. The van der Waals surface area contributed by atoms with E-state index in [1.165, 1.54) is 0 Å². The highest BCUT2D eigenvalue weighted by atomic mass is 127. The van der Waals surface area contributed by atoms with Crippen molar-refractivity contribution in [1.29, 1.82) is 0 Å². The van der Waals surface area contributed by atoms with E-state index in [-0.39, 0.29) is 0 Å². The van der Waals surface area contributed by atoms with E-state index in [1.54, 1.807) is 0 Å². The molecule has 2 nitrogen and oxygen atoms in total. The van der Waals surface area contributed by atoms with Crippen LogP contribution in [0.2, 0.25) is 0 Å². The number of hydrogen-bond acceptors (Lipinski definition) is 1. The summed E-state index contributed by atoms with van der Waals surface area (Å²) in [5, 5.41) is 0. The Hall–Kier alpha value is -4.74. The van der Waals surface area contributed by atoms with E-state index in [2.05, 4.69) is 215 Å². The molecule has 0 saturated heterocycles. The van der Waals surface area contributed by atoms with Gasteiger partial charge in [-0.15, -0.1) is 0 Å². The molecule has 1 aromatic heterocycles. The molecule has 0 aliphatic heterocycles. The maximum atomic E-state index is 5.50. The Morgan fingerprint density at radius 2 is 0.659 bits per heavy atom. The summed E-state index contributed by atoms with van der Waals surface area (Å²) in [5.41, 5.74) is 5.51. The van der Waals surface area contributed by atoms with E-state index in [1.807, 2.05) is 0 Å². The Bertz CT molecular complexity index is 1600. The molecule has 3 heteroatoms. The molecule has 1 heterocycles. The lowest BCUT2D eigenvalue weighted by atomic mass is 9.67. The first-order valence-electron chi connectivity index (χ1n) is 14.8. The molecule has 6 aromatic carbocycles. The normalized spacial score (nSPS) is 11.8. The number of imidazole rings is 1. The minimum atomic E-state index is -0.725. The van der Waals surface area contributed by atoms with E-state index in [0.717, 1.165) is 42.9 Å². The van der Waals surface area contributed by atoms with Crippen LogP contribution in [-0.4, -0.2) is 9.55 Å². The Morgan fingerprint density at radius 3 is 0.955 bits per heavy atom. The molecule has 44 heavy (non-hydrogen) atoms. The fraction of sp³-hybridized carbons (Fsp3) is 0.0488. The van der Waals surface area contributed by atoms with E-state index in [0.29, 0.717) is 0 Å². The minimum Gasteiger partial charge on any atom is -0.314 e. The van der Waals surface area contributed by atoms with Gasteiger partial charge in [0.1, 0.15) is 20.5 Å². The van der Waals surface area contributed by atoms with Crippen LogP contribution in [0.3, 0.4) is 0 Å². The van der Waals surface area contributed by atoms with Gasteiger partial charge in [0.2, 0.25) is 0 Å². The van der Waals surface area contributed by atoms with Gasteiger partial charge in [0.05, 0.1) is 0 Å².